The van der Waals surface area contributed by atoms with Crippen LogP contribution in [0.2, 0.25) is 0 Å². The van der Waals surface area contributed by atoms with Crippen molar-refractivity contribution in [1.82, 2.24) is 4.90 Å². The lowest BCUT2D eigenvalue weighted by molar-refractivity contribution is 0.0220. The van der Waals surface area contributed by atoms with E-state index < -0.39 is 5.60 Å². The maximum Gasteiger partial charge on any atom is 0.410 e. The quantitative estimate of drug-likeness (QED) is 0.767. The Morgan fingerprint density at radius 3 is 2.56 bits per heavy atom. The first kappa shape index (κ1) is 13.3. The fourth-order valence-electron chi connectivity index (χ4n) is 1.67. The number of ether oxygens (including phenoxy) is 2. The molecule has 5 nitrogen and oxygen atoms in total. The number of hydrogen-bond acceptors (Lipinski definition) is 4. The average molecular weight is 230 g/mol. The predicted molar refractivity (Wildman–Crippen MR) is 61.2 cm³/mol. The van der Waals surface area contributed by atoms with Crippen LogP contribution in [0.3, 0.4) is 0 Å². The molecule has 0 unspecified atom stereocenters. The van der Waals surface area contributed by atoms with Crippen molar-refractivity contribution in [2.45, 2.75) is 45.4 Å². The normalized spacial score (nSPS) is 25.9. The van der Waals surface area contributed by atoms with Gasteiger partial charge in [0.25, 0.3) is 0 Å². The molecule has 0 saturated carbocycles. The first-order chi connectivity index (χ1) is 7.33. The zero-order valence-electron chi connectivity index (χ0n) is 10.5. The number of likely N-dealkylation sites (tertiary alicyclic amines) is 1. The van der Waals surface area contributed by atoms with Crippen molar-refractivity contribution < 1.29 is 14.3 Å². The molecule has 16 heavy (non-hydrogen) atoms. The zero-order chi connectivity index (χ0) is 12.3. The van der Waals surface area contributed by atoms with Crippen LogP contribution < -0.4 is 5.73 Å². The fourth-order valence-corrected chi connectivity index (χ4v) is 1.67. The van der Waals surface area contributed by atoms with Crippen molar-refractivity contribution in [3.63, 3.8) is 0 Å². The Morgan fingerprint density at radius 2 is 2.06 bits per heavy atom. The second kappa shape index (κ2) is 5.01. The topological polar surface area (TPSA) is 64.8 Å². The summed E-state index contributed by atoms with van der Waals surface area (Å²) in [4.78, 5) is 13.4. The highest BCUT2D eigenvalue weighted by Crippen LogP contribution is 2.16. The number of nitrogens with zero attached hydrogens (tertiary/aromatic N) is 1. The van der Waals surface area contributed by atoms with Crippen LogP contribution in [0.4, 0.5) is 4.79 Å². The van der Waals surface area contributed by atoms with Gasteiger partial charge in [-0.1, -0.05) is 0 Å². The molecule has 0 aromatic carbocycles. The maximum atomic E-state index is 11.7. The summed E-state index contributed by atoms with van der Waals surface area (Å²) in [6.45, 7) is 9.09. The van der Waals surface area contributed by atoms with E-state index in [9.17, 15) is 4.79 Å². The van der Waals surface area contributed by atoms with Gasteiger partial charge >= 0.3 is 6.09 Å². The molecular weight excluding hydrogens is 208 g/mol. The summed E-state index contributed by atoms with van der Waals surface area (Å²) in [5.74, 6) is 0. The van der Waals surface area contributed by atoms with E-state index in [1.807, 2.05) is 27.7 Å². The van der Waals surface area contributed by atoms with Crippen LogP contribution in [0.5, 0.6) is 0 Å². The van der Waals surface area contributed by atoms with Crippen molar-refractivity contribution in [3.05, 3.63) is 0 Å². The van der Waals surface area contributed by atoms with E-state index in [4.69, 9.17) is 15.2 Å². The van der Waals surface area contributed by atoms with Crippen LogP contribution in [-0.2, 0) is 9.47 Å². The number of rotatable bonds is 2. The number of amides is 1. The van der Waals surface area contributed by atoms with E-state index in [-0.39, 0.29) is 18.2 Å². The van der Waals surface area contributed by atoms with Crippen molar-refractivity contribution in [2.75, 3.05) is 19.7 Å². The number of nitrogens with two attached hydrogens (primary N) is 1. The first-order valence-corrected chi connectivity index (χ1v) is 5.68. The molecule has 1 fully saturated rings. The summed E-state index contributed by atoms with van der Waals surface area (Å²) in [6.07, 6.45) is -0.386. The Morgan fingerprint density at radius 1 is 1.44 bits per heavy atom. The van der Waals surface area contributed by atoms with E-state index >= 15 is 0 Å². The Hall–Kier alpha value is -0.810. The summed E-state index contributed by atoms with van der Waals surface area (Å²) in [5.41, 5.74) is 5.42. The molecule has 1 rings (SSSR count). The van der Waals surface area contributed by atoms with Gasteiger partial charge in [-0.25, -0.2) is 4.79 Å². The molecule has 0 aromatic heterocycles. The van der Waals surface area contributed by atoms with Gasteiger partial charge in [0, 0.05) is 13.2 Å². The second-order valence-electron chi connectivity index (χ2n) is 5.04. The van der Waals surface area contributed by atoms with Gasteiger partial charge in [-0.3, -0.25) is 0 Å². The third-order valence-corrected chi connectivity index (χ3v) is 2.34. The molecule has 0 spiro atoms. The van der Waals surface area contributed by atoms with E-state index in [0.717, 1.165) is 0 Å². The third-order valence-electron chi connectivity index (χ3n) is 2.34. The minimum absolute atomic E-state index is 0.0717. The van der Waals surface area contributed by atoms with Crippen molar-refractivity contribution in [1.29, 1.82) is 0 Å². The summed E-state index contributed by atoms with van der Waals surface area (Å²) < 4.78 is 10.7. The van der Waals surface area contributed by atoms with Crippen LogP contribution in [0.1, 0.15) is 27.7 Å². The van der Waals surface area contributed by atoms with Gasteiger partial charge in [0.05, 0.1) is 18.7 Å². The molecule has 5 heteroatoms. The lowest BCUT2D eigenvalue weighted by Crippen LogP contribution is -2.36. The standard InChI is InChI=1S/C11H22N2O3/c1-5-15-9-7-13(6-8(9)12)10(14)16-11(2,3)4/h8-9H,5-7,12H2,1-4H3/t8-,9+/m0/s1. The lowest BCUT2D eigenvalue weighted by atomic mass is 10.2. The minimum Gasteiger partial charge on any atom is -0.444 e. The molecule has 94 valence electrons. The van der Waals surface area contributed by atoms with Gasteiger partial charge in [0.15, 0.2) is 0 Å². The van der Waals surface area contributed by atoms with Crippen molar-refractivity contribution >= 4 is 6.09 Å². The van der Waals surface area contributed by atoms with Crippen LogP contribution in [-0.4, -0.2) is 48.4 Å². The summed E-state index contributed by atoms with van der Waals surface area (Å²) in [7, 11) is 0. The Balaban J connectivity index is 2.48. The van der Waals surface area contributed by atoms with Crippen molar-refractivity contribution in [3.8, 4) is 0 Å². The largest absolute Gasteiger partial charge is 0.444 e. The SMILES string of the molecule is CCO[C@@H]1CN(C(=O)OC(C)(C)C)C[C@@H]1N. The van der Waals surface area contributed by atoms with Gasteiger partial charge in [0.1, 0.15) is 5.60 Å². The predicted octanol–water partition coefficient (Wildman–Crippen LogP) is 0.970. The lowest BCUT2D eigenvalue weighted by Gasteiger charge is -2.24. The Bertz CT molecular complexity index is 250. The van der Waals surface area contributed by atoms with Gasteiger partial charge in [0.2, 0.25) is 0 Å². The van der Waals surface area contributed by atoms with E-state index in [2.05, 4.69) is 0 Å². The highest BCUT2D eigenvalue weighted by Gasteiger charge is 2.35. The zero-order valence-corrected chi connectivity index (χ0v) is 10.5. The molecule has 0 radical (unpaired) electrons. The third kappa shape index (κ3) is 3.64. The molecule has 1 aliphatic heterocycles. The number of carbonyl (C=O) groups is 1. The minimum atomic E-state index is -0.467. The van der Waals surface area contributed by atoms with Crippen LogP contribution >= 0.6 is 0 Å². The smallest absolute Gasteiger partial charge is 0.410 e. The number of carbonyl (C=O) groups excluding carboxylic acids is 1. The van der Waals surface area contributed by atoms with Gasteiger partial charge in [-0.2, -0.15) is 0 Å². The molecule has 0 aromatic rings. The molecule has 0 bridgehead atoms. The Kier molecular flexibility index (Phi) is 4.15. The molecular formula is C11H22N2O3. The van der Waals surface area contributed by atoms with Gasteiger partial charge < -0.3 is 20.1 Å². The summed E-state index contributed by atoms with van der Waals surface area (Å²) in [5, 5.41) is 0. The molecule has 0 aliphatic carbocycles. The monoisotopic (exact) mass is 230 g/mol. The highest BCUT2D eigenvalue weighted by atomic mass is 16.6. The van der Waals surface area contributed by atoms with E-state index in [1.165, 1.54) is 0 Å². The summed E-state index contributed by atoms with van der Waals surface area (Å²) >= 11 is 0. The average Bonchev–Trinajstić information content (AvgIpc) is 2.46. The molecule has 1 heterocycles. The van der Waals surface area contributed by atoms with E-state index in [0.29, 0.717) is 19.7 Å². The van der Waals surface area contributed by atoms with E-state index in [1.54, 1.807) is 4.90 Å². The molecule has 1 amide bonds. The van der Waals surface area contributed by atoms with Crippen molar-refractivity contribution in [2.24, 2.45) is 5.73 Å². The molecule has 1 saturated heterocycles. The fraction of sp³-hybridized carbons (Fsp3) is 0.909. The second-order valence-corrected chi connectivity index (χ2v) is 5.04. The molecule has 1 aliphatic rings. The summed E-state index contributed by atoms with van der Waals surface area (Å²) in [6, 6.07) is -0.118. The van der Waals surface area contributed by atoms with Gasteiger partial charge in [-0.15, -0.1) is 0 Å². The number of hydrogen-bond donors (Lipinski definition) is 1. The molecule has 2 atom stereocenters. The van der Waals surface area contributed by atoms with Crippen LogP contribution in [0.25, 0.3) is 0 Å². The van der Waals surface area contributed by atoms with Crippen LogP contribution in [0, 0.1) is 0 Å². The Labute approximate surface area is 96.9 Å². The van der Waals surface area contributed by atoms with Gasteiger partial charge in [-0.05, 0) is 27.7 Å². The first-order valence-electron chi connectivity index (χ1n) is 5.68. The van der Waals surface area contributed by atoms with Crippen LogP contribution in [0.15, 0.2) is 0 Å². The maximum absolute atomic E-state index is 11.7. The molecule has 2 N–H and O–H groups in total. The highest BCUT2D eigenvalue weighted by molar-refractivity contribution is 5.68.